The van der Waals surface area contributed by atoms with Crippen molar-refractivity contribution in [3.05, 3.63) is 60.7 Å². The Morgan fingerprint density at radius 2 is 1.30 bits per heavy atom. The standard InChI is InChI=1S/C28H30N6OS2/c1-20(35)34-24(22-14-6-3-7-15-22)26(28(31-34)33-18-10-11-19-33)37-36-25-23(21-12-4-2-5-13-21)29-30-27(25)32-16-8-9-17-32/h2-7,12-15H,8-11,16-19H2,1H3,(H,29,30). The fourth-order valence-electron chi connectivity index (χ4n) is 5.11. The van der Waals surface area contributed by atoms with E-state index in [0.717, 1.165) is 83.0 Å². The lowest BCUT2D eigenvalue weighted by Gasteiger charge is -2.18. The molecule has 190 valence electrons. The van der Waals surface area contributed by atoms with Crippen LogP contribution in [0, 0.1) is 0 Å². The van der Waals surface area contributed by atoms with Crippen LogP contribution in [0.5, 0.6) is 0 Å². The predicted molar refractivity (Wildman–Crippen MR) is 153 cm³/mol. The molecule has 4 aromatic rings. The molecule has 0 aliphatic carbocycles. The molecular weight excluding hydrogens is 500 g/mol. The maximum Gasteiger partial charge on any atom is 0.244 e. The minimum atomic E-state index is -0.0813. The Labute approximate surface area is 225 Å². The van der Waals surface area contributed by atoms with Crippen LogP contribution in [-0.4, -0.2) is 52.1 Å². The van der Waals surface area contributed by atoms with Gasteiger partial charge in [0, 0.05) is 44.2 Å². The monoisotopic (exact) mass is 530 g/mol. The Hall–Kier alpha value is -3.17. The van der Waals surface area contributed by atoms with Crippen molar-refractivity contribution in [2.24, 2.45) is 0 Å². The topological polar surface area (TPSA) is 70.1 Å². The van der Waals surface area contributed by atoms with Crippen molar-refractivity contribution < 1.29 is 4.79 Å². The van der Waals surface area contributed by atoms with Gasteiger partial charge in [0.25, 0.3) is 0 Å². The van der Waals surface area contributed by atoms with Gasteiger partial charge in [0.1, 0.15) is 0 Å². The van der Waals surface area contributed by atoms with Gasteiger partial charge in [-0.2, -0.15) is 9.78 Å². The summed E-state index contributed by atoms with van der Waals surface area (Å²) < 4.78 is 1.58. The third kappa shape index (κ3) is 4.78. The number of hydrogen-bond donors (Lipinski definition) is 1. The van der Waals surface area contributed by atoms with Crippen molar-refractivity contribution in [3.8, 4) is 22.5 Å². The van der Waals surface area contributed by atoms with Gasteiger partial charge in [0.2, 0.25) is 5.91 Å². The van der Waals surface area contributed by atoms with Crippen LogP contribution in [0.25, 0.3) is 22.5 Å². The maximum atomic E-state index is 12.8. The molecular formula is C28H30N6OS2. The molecule has 0 atom stereocenters. The number of aromatic amines is 1. The lowest BCUT2D eigenvalue weighted by atomic mass is 10.1. The molecule has 0 unspecified atom stereocenters. The van der Waals surface area contributed by atoms with Crippen molar-refractivity contribution in [1.82, 2.24) is 20.0 Å². The summed E-state index contributed by atoms with van der Waals surface area (Å²) in [6.45, 7) is 5.55. The zero-order valence-electron chi connectivity index (χ0n) is 20.9. The Morgan fingerprint density at radius 3 is 1.89 bits per heavy atom. The van der Waals surface area contributed by atoms with Crippen molar-refractivity contribution in [1.29, 1.82) is 0 Å². The van der Waals surface area contributed by atoms with Gasteiger partial charge < -0.3 is 9.80 Å². The molecule has 0 amide bonds. The van der Waals surface area contributed by atoms with Gasteiger partial charge in [0.05, 0.1) is 21.2 Å². The van der Waals surface area contributed by atoms with Crippen LogP contribution in [0.3, 0.4) is 0 Å². The molecule has 0 spiro atoms. The molecule has 1 N–H and O–H groups in total. The van der Waals surface area contributed by atoms with Gasteiger partial charge in [0.15, 0.2) is 11.6 Å². The first-order valence-corrected chi connectivity index (χ1v) is 15.0. The van der Waals surface area contributed by atoms with Crippen molar-refractivity contribution in [2.75, 3.05) is 36.0 Å². The number of aromatic nitrogens is 4. The number of nitrogens with one attached hydrogen (secondary N) is 1. The Balaban J connectivity index is 1.44. The molecule has 0 bridgehead atoms. The molecule has 6 rings (SSSR count). The van der Waals surface area contributed by atoms with Crippen LogP contribution in [0.15, 0.2) is 70.5 Å². The summed E-state index contributed by atoms with van der Waals surface area (Å²) in [4.78, 5) is 19.6. The van der Waals surface area contributed by atoms with E-state index >= 15 is 0 Å². The van der Waals surface area contributed by atoms with E-state index in [2.05, 4.69) is 51.3 Å². The SMILES string of the molecule is CC(=O)n1nc(N2CCCC2)c(SSc2c(N3CCCC3)n[nH]c2-c2ccccc2)c1-c1ccccc1. The lowest BCUT2D eigenvalue weighted by molar-refractivity contribution is 0.0923. The number of anilines is 2. The second-order valence-electron chi connectivity index (χ2n) is 9.47. The molecule has 7 nitrogen and oxygen atoms in total. The smallest absolute Gasteiger partial charge is 0.244 e. The average molecular weight is 531 g/mol. The van der Waals surface area contributed by atoms with Crippen LogP contribution >= 0.6 is 21.6 Å². The largest absolute Gasteiger partial charge is 0.354 e. The highest BCUT2D eigenvalue weighted by Gasteiger charge is 2.29. The average Bonchev–Trinajstić information content (AvgIpc) is 3.73. The van der Waals surface area contributed by atoms with E-state index in [0.29, 0.717) is 0 Å². The van der Waals surface area contributed by atoms with Crippen LogP contribution in [-0.2, 0) is 0 Å². The van der Waals surface area contributed by atoms with Crippen LogP contribution in [0.4, 0.5) is 11.6 Å². The highest BCUT2D eigenvalue weighted by molar-refractivity contribution is 8.76. The quantitative estimate of drug-likeness (QED) is 0.270. The number of benzene rings is 2. The number of carbonyl (C=O) groups excluding carboxylic acids is 1. The van der Waals surface area contributed by atoms with Crippen molar-refractivity contribution in [2.45, 2.75) is 42.4 Å². The molecule has 2 aliphatic rings. The van der Waals surface area contributed by atoms with Gasteiger partial charge in [-0.1, -0.05) is 60.7 Å². The summed E-state index contributed by atoms with van der Waals surface area (Å²) in [6.07, 6.45) is 4.66. The van der Waals surface area contributed by atoms with Gasteiger partial charge in [-0.05, 0) is 47.3 Å². The molecule has 2 aromatic carbocycles. The first-order valence-electron chi connectivity index (χ1n) is 12.9. The van der Waals surface area contributed by atoms with E-state index in [1.165, 1.54) is 12.8 Å². The minimum Gasteiger partial charge on any atom is -0.354 e. The Bertz CT molecular complexity index is 1370. The fraction of sp³-hybridized carbons (Fsp3) is 0.321. The van der Waals surface area contributed by atoms with E-state index in [1.54, 1.807) is 33.2 Å². The van der Waals surface area contributed by atoms with Gasteiger partial charge in [-0.3, -0.25) is 9.89 Å². The maximum absolute atomic E-state index is 12.8. The summed E-state index contributed by atoms with van der Waals surface area (Å²) in [6, 6.07) is 20.5. The predicted octanol–water partition coefficient (Wildman–Crippen LogP) is 6.60. The Kier molecular flexibility index (Phi) is 6.97. The zero-order chi connectivity index (χ0) is 25.2. The molecule has 37 heavy (non-hydrogen) atoms. The van der Waals surface area contributed by atoms with Gasteiger partial charge in [-0.25, -0.2) is 0 Å². The van der Waals surface area contributed by atoms with Gasteiger partial charge in [-0.15, -0.1) is 5.10 Å². The van der Waals surface area contributed by atoms with Crippen molar-refractivity contribution >= 4 is 39.1 Å². The summed E-state index contributed by atoms with van der Waals surface area (Å²) in [5, 5.41) is 13.0. The van der Waals surface area contributed by atoms with E-state index in [9.17, 15) is 4.79 Å². The third-order valence-corrected chi connectivity index (χ3v) is 9.39. The van der Waals surface area contributed by atoms with Crippen LogP contribution < -0.4 is 9.80 Å². The second-order valence-corrected chi connectivity index (χ2v) is 11.6. The van der Waals surface area contributed by atoms with E-state index in [-0.39, 0.29) is 5.91 Å². The summed E-state index contributed by atoms with van der Waals surface area (Å²) in [5.41, 5.74) is 4.00. The summed E-state index contributed by atoms with van der Waals surface area (Å²) >= 11 is 0. The fourth-order valence-corrected chi connectivity index (χ4v) is 7.73. The molecule has 2 aromatic heterocycles. The van der Waals surface area contributed by atoms with Gasteiger partial charge >= 0.3 is 0 Å². The second kappa shape index (κ2) is 10.7. The van der Waals surface area contributed by atoms with Crippen LogP contribution in [0.2, 0.25) is 0 Å². The number of hydrogen-bond acceptors (Lipinski definition) is 7. The minimum absolute atomic E-state index is 0.0813. The molecule has 9 heteroatoms. The summed E-state index contributed by atoms with van der Waals surface area (Å²) in [7, 11) is 3.40. The number of rotatable bonds is 7. The third-order valence-electron chi connectivity index (χ3n) is 6.96. The molecule has 2 saturated heterocycles. The molecule has 0 saturated carbocycles. The molecule has 0 radical (unpaired) electrons. The molecule has 2 aliphatic heterocycles. The van der Waals surface area contributed by atoms with E-state index < -0.39 is 0 Å². The zero-order valence-corrected chi connectivity index (χ0v) is 22.5. The highest BCUT2D eigenvalue weighted by atomic mass is 33.1. The first-order chi connectivity index (χ1) is 18.2. The lowest BCUT2D eigenvalue weighted by Crippen LogP contribution is -2.19. The number of H-pyrrole nitrogens is 1. The van der Waals surface area contributed by atoms with Crippen molar-refractivity contribution in [3.63, 3.8) is 0 Å². The summed E-state index contributed by atoms with van der Waals surface area (Å²) in [5.74, 6) is 1.83. The van der Waals surface area contributed by atoms with Crippen LogP contribution in [0.1, 0.15) is 37.4 Å². The normalized spacial score (nSPS) is 15.6. The van der Waals surface area contributed by atoms with E-state index in [1.807, 2.05) is 24.3 Å². The molecule has 4 heterocycles. The highest BCUT2D eigenvalue weighted by Crippen LogP contribution is 2.51. The molecule has 2 fully saturated rings. The Morgan fingerprint density at radius 1 is 0.757 bits per heavy atom. The number of nitrogens with zero attached hydrogens (tertiary/aromatic N) is 5. The number of carbonyl (C=O) groups is 1. The van der Waals surface area contributed by atoms with E-state index in [4.69, 9.17) is 10.2 Å². The first kappa shape index (κ1) is 24.2.